The molecule has 0 radical (unpaired) electrons. The molecule has 1 aliphatic heterocycles. The summed E-state index contributed by atoms with van der Waals surface area (Å²) >= 11 is 0. The number of amides is 1. The van der Waals surface area contributed by atoms with Crippen molar-refractivity contribution in [2.45, 2.75) is 71.3 Å². The zero-order valence-corrected chi connectivity index (χ0v) is 15.8. The van der Waals surface area contributed by atoms with E-state index in [2.05, 4.69) is 26.8 Å². The van der Waals surface area contributed by atoms with Gasteiger partial charge in [0, 0.05) is 13.1 Å². The summed E-state index contributed by atoms with van der Waals surface area (Å²) in [5, 5.41) is 10.3. The van der Waals surface area contributed by atoms with Crippen LogP contribution in [0.15, 0.2) is 18.2 Å². The number of piperidine rings is 1. The molecule has 1 aliphatic rings. The Kier molecular flexibility index (Phi) is 5.17. The normalized spacial score (nSPS) is 17.0. The van der Waals surface area contributed by atoms with E-state index < -0.39 is 5.60 Å². The van der Waals surface area contributed by atoms with Gasteiger partial charge >= 0.3 is 6.09 Å². The van der Waals surface area contributed by atoms with Crippen LogP contribution in [-0.2, 0) is 10.2 Å². The van der Waals surface area contributed by atoms with Crippen molar-refractivity contribution >= 4 is 6.09 Å². The third-order valence-corrected chi connectivity index (χ3v) is 4.48. The fraction of sp³-hybridized carbons (Fsp3) is 0.650. The van der Waals surface area contributed by atoms with E-state index in [1.54, 1.807) is 11.0 Å². The van der Waals surface area contributed by atoms with Crippen molar-refractivity contribution in [3.63, 3.8) is 0 Å². The molecule has 2 rings (SSSR count). The number of benzene rings is 1. The van der Waals surface area contributed by atoms with Gasteiger partial charge in [-0.3, -0.25) is 0 Å². The van der Waals surface area contributed by atoms with E-state index in [9.17, 15) is 9.90 Å². The highest BCUT2D eigenvalue weighted by Gasteiger charge is 2.29. The SMILES string of the molecule is CC(C)(C)OC(=O)N1CCC(c2cc(C(C)(C)C)ccc2O)CC1. The Bertz CT molecular complexity index is 588. The van der Waals surface area contributed by atoms with Crippen molar-refractivity contribution in [2.24, 2.45) is 0 Å². The van der Waals surface area contributed by atoms with Gasteiger partial charge in [0.15, 0.2) is 0 Å². The van der Waals surface area contributed by atoms with Gasteiger partial charge < -0.3 is 14.7 Å². The molecule has 4 heteroatoms. The number of phenolic OH excluding ortho intramolecular Hbond substituents is 1. The third-order valence-electron chi connectivity index (χ3n) is 4.48. The maximum atomic E-state index is 12.2. The molecule has 0 aromatic heterocycles. The summed E-state index contributed by atoms with van der Waals surface area (Å²) in [6.45, 7) is 13.5. The van der Waals surface area contributed by atoms with Gasteiger partial charge in [-0.25, -0.2) is 4.79 Å². The molecule has 24 heavy (non-hydrogen) atoms. The van der Waals surface area contributed by atoms with E-state index in [4.69, 9.17) is 4.74 Å². The summed E-state index contributed by atoms with van der Waals surface area (Å²) in [4.78, 5) is 13.9. The number of carbonyl (C=O) groups is 1. The highest BCUT2D eigenvalue weighted by Crippen LogP contribution is 2.37. The molecule has 134 valence electrons. The van der Waals surface area contributed by atoms with Crippen LogP contribution < -0.4 is 0 Å². The Morgan fingerprint density at radius 1 is 1.12 bits per heavy atom. The van der Waals surface area contributed by atoms with E-state index in [-0.39, 0.29) is 17.4 Å². The van der Waals surface area contributed by atoms with Gasteiger partial charge in [-0.2, -0.15) is 0 Å². The molecular formula is C20H31NO3. The summed E-state index contributed by atoms with van der Waals surface area (Å²) in [7, 11) is 0. The highest BCUT2D eigenvalue weighted by atomic mass is 16.6. The molecule has 0 atom stereocenters. The first-order valence-electron chi connectivity index (χ1n) is 8.79. The fourth-order valence-electron chi connectivity index (χ4n) is 3.05. The lowest BCUT2D eigenvalue weighted by Crippen LogP contribution is -2.41. The molecule has 1 aromatic rings. The van der Waals surface area contributed by atoms with Gasteiger partial charge in [-0.1, -0.05) is 32.9 Å². The number of likely N-dealkylation sites (tertiary alicyclic amines) is 1. The van der Waals surface area contributed by atoms with Gasteiger partial charge in [0.05, 0.1) is 0 Å². The quantitative estimate of drug-likeness (QED) is 0.803. The first kappa shape index (κ1) is 18.6. The van der Waals surface area contributed by atoms with Crippen LogP contribution in [0.3, 0.4) is 0 Å². The van der Waals surface area contributed by atoms with Crippen molar-refractivity contribution in [2.75, 3.05) is 13.1 Å². The van der Waals surface area contributed by atoms with Crippen LogP contribution >= 0.6 is 0 Å². The molecule has 1 N–H and O–H groups in total. The lowest BCUT2D eigenvalue weighted by molar-refractivity contribution is 0.0204. The molecule has 1 saturated heterocycles. The first-order chi connectivity index (χ1) is 11.0. The molecule has 4 nitrogen and oxygen atoms in total. The molecule has 1 aromatic carbocycles. The van der Waals surface area contributed by atoms with E-state index >= 15 is 0 Å². The number of ether oxygens (including phenoxy) is 1. The predicted molar refractivity (Wildman–Crippen MR) is 96.6 cm³/mol. The van der Waals surface area contributed by atoms with Crippen LogP contribution in [0.2, 0.25) is 0 Å². The minimum atomic E-state index is -0.465. The van der Waals surface area contributed by atoms with Gasteiger partial charge in [0.2, 0.25) is 0 Å². The summed E-state index contributed by atoms with van der Waals surface area (Å²) < 4.78 is 5.44. The summed E-state index contributed by atoms with van der Waals surface area (Å²) in [5.41, 5.74) is 1.82. The van der Waals surface area contributed by atoms with Crippen LogP contribution in [0, 0.1) is 0 Å². The second-order valence-corrected chi connectivity index (χ2v) is 8.77. The fourth-order valence-corrected chi connectivity index (χ4v) is 3.05. The number of rotatable bonds is 1. The number of aromatic hydroxyl groups is 1. The number of hydrogen-bond donors (Lipinski definition) is 1. The number of nitrogens with zero attached hydrogens (tertiary/aromatic N) is 1. The van der Waals surface area contributed by atoms with Crippen LogP contribution in [-0.4, -0.2) is 34.8 Å². The Morgan fingerprint density at radius 2 is 1.71 bits per heavy atom. The molecule has 1 amide bonds. The van der Waals surface area contributed by atoms with Crippen LogP contribution in [0.5, 0.6) is 5.75 Å². The molecule has 0 spiro atoms. The number of phenols is 1. The van der Waals surface area contributed by atoms with E-state index in [0.29, 0.717) is 18.8 Å². The molecule has 1 fully saturated rings. The highest BCUT2D eigenvalue weighted by molar-refractivity contribution is 5.68. The van der Waals surface area contributed by atoms with Gasteiger partial charge in [-0.05, 0) is 62.1 Å². The van der Waals surface area contributed by atoms with Gasteiger partial charge in [0.25, 0.3) is 0 Å². The Hall–Kier alpha value is -1.71. The Morgan fingerprint density at radius 3 is 2.21 bits per heavy atom. The molecule has 0 saturated carbocycles. The van der Waals surface area contributed by atoms with Crippen molar-refractivity contribution in [3.8, 4) is 5.75 Å². The van der Waals surface area contributed by atoms with Crippen LogP contribution in [0.25, 0.3) is 0 Å². The average molecular weight is 333 g/mol. The largest absolute Gasteiger partial charge is 0.508 e. The molecule has 0 bridgehead atoms. The smallest absolute Gasteiger partial charge is 0.410 e. The summed E-state index contributed by atoms with van der Waals surface area (Å²) in [5.74, 6) is 0.643. The molecule has 1 heterocycles. The van der Waals surface area contributed by atoms with Gasteiger partial charge in [0.1, 0.15) is 11.4 Å². The lowest BCUT2D eigenvalue weighted by atomic mass is 9.82. The monoisotopic (exact) mass is 333 g/mol. The number of carbonyl (C=O) groups excluding carboxylic acids is 1. The topological polar surface area (TPSA) is 49.8 Å². The summed E-state index contributed by atoms with van der Waals surface area (Å²) in [6.07, 6.45) is 1.45. The maximum absolute atomic E-state index is 12.2. The summed E-state index contributed by atoms with van der Waals surface area (Å²) in [6, 6.07) is 5.92. The van der Waals surface area contributed by atoms with Gasteiger partial charge in [-0.15, -0.1) is 0 Å². The van der Waals surface area contributed by atoms with Crippen molar-refractivity contribution in [1.82, 2.24) is 4.90 Å². The van der Waals surface area contributed by atoms with Crippen LogP contribution in [0.4, 0.5) is 4.79 Å². The second-order valence-electron chi connectivity index (χ2n) is 8.77. The predicted octanol–water partition coefficient (Wildman–Crippen LogP) is 4.80. The van der Waals surface area contributed by atoms with Crippen molar-refractivity contribution in [1.29, 1.82) is 0 Å². The van der Waals surface area contributed by atoms with Crippen molar-refractivity contribution in [3.05, 3.63) is 29.3 Å². The molecular weight excluding hydrogens is 302 g/mol. The Labute approximate surface area is 145 Å². The van der Waals surface area contributed by atoms with E-state index in [0.717, 1.165) is 18.4 Å². The van der Waals surface area contributed by atoms with Crippen LogP contribution in [0.1, 0.15) is 71.4 Å². The maximum Gasteiger partial charge on any atom is 0.410 e. The second kappa shape index (κ2) is 6.66. The standard InChI is InChI=1S/C20H31NO3/c1-19(2,3)15-7-8-17(22)16(13-15)14-9-11-21(12-10-14)18(23)24-20(4,5)6/h7-8,13-14,22H,9-12H2,1-6H3. The minimum absolute atomic E-state index is 0.0552. The van der Waals surface area contributed by atoms with E-state index in [1.807, 2.05) is 26.8 Å². The Balaban J connectivity index is 2.06. The lowest BCUT2D eigenvalue weighted by Gasteiger charge is -2.34. The average Bonchev–Trinajstić information content (AvgIpc) is 2.45. The first-order valence-corrected chi connectivity index (χ1v) is 8.79. The van der Waals surface area contributed by atoms with E-state index in [1.165, 1.54) is 5.56 Å². The minimum Gasteiger partial charge on any atom is -0.508 e. The third kappa shape index (κ3) is 4.65. The zero-order valence-electron chi connectivity index (χ0n) is 15.8. The number of hydrogen-bond acceptors (Lipinski definition) is 3. The molecule has 0 aliphatic carbocycles. The zero-order chi connectivity index (χ0) is 18.1. The molecule has 0 unspecified atom stereocenters. The van der Waals surface area contributed by atoms with Crippen molar-refractivity contribution < 1.29 is 14.6 Å².